The van der Waals surface area contributed by atoms with Gasteiger partial charge in [0.1, 0.15) is 6.61 Å². The molecule has 0 aromatic heterocycles. The van der Waals surface area contributed by atoms with Crippen LogP contribution in [0, 0.1) is 11.3 Å². The minimum Gasteiger partial charge on any atom is -0.490 e. The Kier molecular flexibility index (Phi) is 7.59. The molecule has 0 bridgehead atoms. The fraction of sp³-hybridized carbons (Fsp3) is 0.150. The lowest BCUT2D eigenvalue weighted by molar-refractivity contribution is 0.295. The fourth-order valence-corrected chi connectivity index (χ4v) is 3.35. The molecule has 0 aliphatic heterocycles. The maximum atomic E-state index is 9.56. The van der Waals surface area contributed by atoms with E-state index in [-0.39, 0.29) is 0 Å². The Balaban J connectivity index is 2.50. The number of halogens is 3. The second-order valence-electron chi connectivity index (χ2n) is 5.16. The van der Waals surface area contributed by atoms with Crippen molar-refractivity contribution >= 4 is 50.8 Å². The Hall–Kier alpha value is -1.93. The highest BCUT2D eigenvalue weighted by molar-refractivity contribution is 9.10. The smallest absolute Gasteiger partial charge is 0.175 e. The Morgan fingerprint density at radius 3 is 2.65 bits per heavy atom. The number of rotatable bonds is 7. The van der Waals surface area contributed by atoms with E-state index in [2.05, 4.69) is 28.6 Å². The van der Waals surface area contributed by atoms with E-state index in [0.29, 0.717) is 45.9 Å². The first-order chi connectivity index (χ1) is 12.5. The summed E-state index contributed by atoms with van der Waals surface area (Å²) in [4.78, 5) is 0. The highest BCUT2D eigenvalue weighted by Gasteiger charge is 2.13. The quantitative estimate of drug-likeness (QED) is 0.264. The molecule has 26 heavy (non-hydrogen) atoms. The lowest BCUT2D eigenvalue weighted by atomic mass is 10.0. The summed E-state index contributed by atoms with van der Waals surface area (Å²) in [5, 5.41) is 10.5. The molecular formula is C20H16BrCl2NO2. The predicted octanol–water partition coefficient (Wildman–Crippen LogP) is 6.78. The average Bonchev–Trinajstić information content (AvgIpc) is 2.60. The van der Waals surface area contributed by atoms with E-state index in [0.717, 1.165) is 10.0 Å². The van der Waals surface area contributed by atoms with Crippen LogP contribution in [0.2, 0.25) is 10.0 Å². The third-order valence-electron chi connectivity index (χ3n) is 3.33. The van der Waals surface area contributed by atoms with Crippen molar-refractivity contribution in [1.82, 2.24) is 0 Å². The molecule has 0 heterocycles. The van der Waals surface area contributed by atoms with Gasteiger partial charge in [0.2, 0.25) is 0 Å². The van der Waals surface area contributed by atoms with E-state index >= 15 is 0 Å². The standard InChI is InChI=1S/C20H16BrCl2NO2/c1-3-7-26-20-17(21)9-13(10-19(20)25-4-2)8-14(12-24)16-6-5-15(22)11-18(16)23/h3,5-6,8-11H,1,4,7H2,2H3/b14-8+. The van der Waals surface area contributed by atoms with Crippen molar-refractivity contribution in [1.29, 1.82) is 5.26 Å². The topological polar surface area (TPSA) is 42.2 Å². The van der Waals surface area contributed by atoms with Gasteiger partial charge in [-0.05, 0) is 58.8 Å². The van der Waals surface area contributed by atoms with E-state index in [1.807, 2.05) is 19.1 Å². The van der Waals surface area contributed by atoms with Crippen LogP contribution >= 0.6 is 39.1 Å². The number of nitriles is 1. The minimum absolute atomic E-state index is 0.359. The van der Waals surface area contributed by atoms with E-state index in [1.165, 1.54) is 0 Å². The van der Waals surface area contributed by atoms with Crippen molar-refractivity contribution in [2.45, 2.75) is 6.92 Å². The number of hydrogen-bond donors (Lipinski definition) is 0. The molecule has 0 saturated heterocycles. The third-order valence-corrected chi connectivity index (χ3v) is 4.47. The van der Waals surface area contributed by atoms with Crippen LogP contribution in [0.1, 0.15) is 18.1 Å². The van der Waals surface area contributed by atoms with Crippen molar-refractivity contribution in [2.24, 2.45) is 0 Å². The molecule has 0 radical (unpaired) electrons. The molecule has 2 aromatic rings. The Morgan fingerprint density at radius 2 is 2.04 bits per heavy atom. The molecule has 0 saturated carbocycles. The first kappa shape index (κ1) is 20.4. The second-order valence-corrected chi connectivity index (χ2v) is 6.85. The molecule has 0 spiro atoms. The van der Waals surface area contributed by atoms with Crippen LogP contribution in [0.4, 0.5) is 0 Å². The van der Waals surface area contributed by atoms with Gasteiger partial charge in [0.25, 0.3) is 0 Å². The summed E-state index contributed by atoms with van der Waals surface area (Å²) in [6, 6.07) is 10.9. The third kappa shape index (κ3) is 5.04. The van der Waals surface area contributed by atoms with Gasteiger partial charge in [0.15, 0.2) is 11.5 Å². The van der Waals surface area contributed by atoms with Crippen molar-refractivity contribution < 1.29 is 9.47 Å². The predicted molar refractivity (Wildman–Crippen MR) is 111 cm³/mol. The zero-order chi connectivity index (χ0) is 19.1. The van der Waals surface area contributed by atoms with Crippen LogP contribution in [0.25, 0.3) is 11.6 Å². The van der Waals surface area contributed by atoms with Crippen LogP contribution in [0.15, 0.2) is 47.5 Å². The van der Waals surface area contributed by atoms with Crippen LogP contribution in [0.5, 0.6) is 11.5 Å². The molecule has 0 atom stereocenters. The number of nitrogens with zero attached hydrogens (tertiary/aromatic N) is 1. The van der Waals surface area contributed by atoms with Crippen molar-refractivity contribution in [3.63, 3.8) is 0 Å². The van der Waals surface area contributed by atoms with Gasteiger partial charge in [0.05, 0.1) is 27.7 Å². The van der Waals surface area contributed by atoms with Gasteiger partial charge in [-0.3, -0.25) is 0 Å². The van der Waals surface area contributed by atoms with E-state index in [9.17, 15) is 5.26 Å². The molecule has 0 amide bonds. The normalized spacial score (nSPS) is 11.0. The summed E-state index contributed by atoms with van der Waals surface area (Å²) in [7, 11) is 0. The molecule has 0 fully saturated rings. The molecule has 6 heteroatoms. The summed E-state index contributed by atoms with van der Waals surface area (Å²) in [6.07, 6.45) is 3.39. The van der Waals surface area contributed by atoms with Gasteiger partial charge >= 0.3 is 0 Å². The molecule has 0 aliphatic rings. The Labute approximate surface area is 171 Å². The maximum Gasteiger partial charge on any atom is 0.175 e. The van der Waals surface area contributed by atoms with Crippen LogP contribution < -0.4 is 9.47 Å². The molecule has 0 aliphatic carbocycles. The zero-order valence-electron chi connectivity index (χ0n) is 14.1. The monoisotopic (exact) mass is 451 g/mol. The van der Waals surface area contributed by atoms with Crippen LogP contribution in [-0.2, 0) is 0 Å². The van der Waals surface area contributed by atoms with Crippen molar-refractivity contribution in [3.8, 4) is 17.6 Å². The van der Waals surface area contributed by atoms with Crippen molar-refractivity contribution in [3.05, 3.63) is 68.6 Å². The first-order valence-corrected chi connectivity index (χ1v) is 9.32. The molecule has 3 nitrogen and oxygen atoms in total. The minimum atomic E-state index is 0.359. The van der Waals surface area contributed by atoms with Gasteiger partial charge in [-0.25, -0.2) is 0 Å². The first-order valence-electron chi connectivity index (χ1n) is 7.77. The molecule has 0 unspecified atom stereocenters. The molecule has 2 rings (SSSR count). The summed E-state index contributed by atoms with van der Waals surface area (Å²) < 4.78 is 12.1. The van der Waals surface area contributed by atoms with E-state index in [4.69, 9.17) is 32.7 Å². The van der Waals surface area contributed by atoms with E-state index < -0.39 is 0 Å². The number of allylic oxidation sites excluding steroid dienone is 1. The lowest BCUT2D eigenvalue weighted by Gasteiger charge is -2.14. The fourth-order valence-electron chi connectivity index (χ4n) is 2.26. The zero-order valence-corrected chi connectivity index (χ0v) is 17.2. The van der Waals surface area contributed by atoms with Gasteiger partial charge in [-0.2, -0.15) is 5.26 Å². The summed E-state index contributed by atoms with van der Waals surface area (Å²) >= 11 is 15.6. The Bertz CT molecular complexity index is 888. The lowest BCUT2D eigenvalue weighted by Crippen LogP contribution is -2.00. The highest BCUT2D eigenvalue weighted by atomic mass is 79.9. The van der Waals surface area contributed by atoms with Crippen molar-refractivity contribution in [2.75, 3.05) is 13.2 Å². The summed E-state index contributed by atoms with van der Waals surface area (Å²) in [5.74, 6) is 1.17. The summed E-state index contributed by atoms with van der Waals surface area (Å²) in [5.41, 5.74) is 1.80. The van der Waals surface area contributed by atoms with Gasteiger partial charge in [-0.15, -0.1) is 0 Å². The van der Waals surface area contributed by atoms with Crippen LogP contribution in [0.3, 0.4) is 0 Å². The SMILES string of the molecule is C=CCOc1c(Br)cc(/C=C(\C#N)c2ccc(Cl)cc2Cl)cc1OCC. The molecule has 134 valence electrons. The maximum absolute atomic E-state index is 9.56. The average molecular weight is 453 g/mol. The van der Waals surface area contributed by atoms with E-state index in [1.54, 1.807) is 30.4 Å². The number of hydrogen-bond acceptors (Lipinski definition) is 3. The largest absolute Gasteiger partial charge is 0.490 e. The molecule has 0 N–H and O–H groups in total. The Morgan fingerprint density at radius 1 is 1.27 bits per heavy atom. The number of benzene rings is 2. The molecular weight excluding hydrogens is 437 g/mol. The van der Waals surface area contributed by atoms with Crippen LogP contribution in [-0.4, -0.2) is 13.2 Å². The molecule has 2 aromatic carbocycles. The number of ether oxygens (including phenoxy) is 2. The summed E-state index contributed by atoms with van der Waals surface area (Å²) in [6.45, 7) is 6.38. The van der Waals surface area contributed by atoms with Gasteiger partial charge < -0.3 is 9.47 Å². The highest BCUT2D eigenvalue weighted by Crippen LogP contribution is 2.38. The van der Waals surface area contributed by atoms with Gasteiger partial charge in [-0.1, -0.05) is 41.9 Å². The second kappa shape index (κ2) is 9.68. The van der Waals surface area contributed by atoms with Gasteiger partial charge in [0, 0.05) is 10.6 Å².